The largest absolute Gasteiger partial charge is 0.487 e. The van der Waals surface area contributed by atoms with Crippen molar-refractivity contribution in [1.82, 2.24) is 0 Å². The van der Waals surface area contributed by atoms with Gasteiger partial charge in [0.25, 0.3) is 5.70 Å². The average Bonchev–Trinajstić information content (AvgIpc) is 2.80. The van der Waals surface area contributed by atoms with Crippen LogP contribution < -0.4 is 4.90 Å². The zero-order chi connectivity index (χ0) is 25.4. The lowest BCUT2D eigenvalue weighted by Gasteiger charge is -2.42. The van der Waals surface area contributed by atoms with Crippen LogP contribution in [0.25, 0.3) is 10.9 Å². The lowest BCUT2D eigenvalue weighted by Crippen LogP contribution is -2.37. The van der Waals surface area contributed by atoms with Gasteiger partial charge in [-0.25, -0.2) is 10.1 Å². The van der Waals surface area contributed by atoms with Crippen LogP contribution in [0.1, 0.15) is 96.3 Å². The van der Waals surface area contributed by atoms with Crippen LogP contribution in [0, 0.1) is 17.9 Å². The van der Waals surface area contributed by atoms with Crippen molar-refractivity contribution in [3.8, 4) is 6.07 Å². The molecule has 1 aromatic carbocycles. The highest BCUT2D eigenvalue weighted by Crippen LogP contribution is 2.46. The molecule has 0 amide bonds. The fraction of sp³-hybridized carbons (Fsp3) is 0.548. The van der Waals surface area contributed by atoms with Gasteiger partial charge in [0.05, 0.1) is 12.6 Å². The summed E-state index contributed by atoms with van der Waals surface area (Å²) in [5, 5.41) is 9.54. The third-order valence-corrected chi connectivity index (χ3v) is 8.01. The molecule has 0 saturated heterocycles. The Morgan fingerprint density at radius 3 is 2.49 bits per heavy atom. The molecular formula is C31H39N3O. The summed E-state index contributed by atoms with van der Waals surface area (Å²) in [6.45, 7) is 20.1. The molecule has 4 heteroatoms. The minimum Gasteiger partial charge on any atom is -0.487 e. The molecule has 0 atom stereocenters. The van der Waals surface area contributed by atoms with Crippen LogP contribution >= 0.6 is 0 Å². The first-order valence-electron chi connectivity index (χ1n) is 13.0. The summed E-state index contributed by atoms with van der Waals surface area (Å²) in [7, 11) is 2.21. The maximum Gasteiger partial charge on any atom is 0.265 e. The van der Waals surface area contributed by atoms with E-state index in [0.29, 0.717) is 6.42 Å². The molecule has 1 spiro atoms. The SMILES string of the molecule is [C-]#[N+]/C(C#N)=C1C=C(/C=C/c2cc(C(C)(C)C)c3c(c2)C(C)(C)CCN3C)OC2(CCCCC2)C/1. The molecule has 3 aliphatic rings. The van der Waals surface area contributed by atoms with E-state index in [4.69, 9.17) is 11.3 Å². The molecule has 4 nitrogen and oxygen atoms in total. The first-order chi connectivity index (χ1) is 16.5. The van der Waals surface area contributed by atoms with Gasteiger partial charge in [0.1, 0.15) is 11.4 Å². The van der Waals surface area contributed by atoms with Crippen molar-refractivity contribution in [1.29, 1.82) is 5.26 Å². The summed E-state index contributed by atoms with van der Waals surface area (Å²) in [6, 6.07) is 6.77. The summed E-state index contributed by atoms with van der Waals surface area (Å²) in [4.78, 5) is 5.93. The van der Waals surface area contributed by atoms with Crippen LogP contribution in [0.4, 0.5) is 5.69 Å². The Balaban J connectivity index is 1.78. The number of rotatable bonds is 2. The molecule has 1 fully saturated rings. The Labute approximate surface area is 211 Å². The molecule has 35 heavy (non-hydrogen) atoms. The molecule has 184 valence electrons. The number of ether oxygens (including phenoxy) is 1. The number of hydrogen-bond acceptors (Lipinski definition) is 3. The molecule has 0 aromatic heterocycles. The highest BCUT2D eigenvalue weighted by molar-refractivity contribution is 5.70. The standard InChI is InChI=1S/C31H39N3O/c1-29(2,3)25-17-22(18-26-28(25)34(7)16-15-30(26,4)5)11-12-24-19-23(27(21-32)33-6)20-31(35-24)13-9-8-10-14-31/h11-12,17-19H,8-10,13-16,20H2,1-5,7H3/b12-11+,27-23-. The van der Waals surface area contributed by atoms with Gasteiger partial charge in [-0.1, -0.05) is 47.1 Å². The highest BCUT2D eigenvalue weighted by Gasteiger charge is 2.38. The molecule has 1 aliphatic carbocycles. The minimum atomic E-state index is -0.286. The van der Waals surface area contributed by atoms with E-state index in [-0.39, 0.29) is 22.1 Å². The van der Waals surface area contributed by atoms with Crippen molar-refractivity contribution in [3.05, 3.63) is 69.4 Å². The fourth-order valence-corrected chi connectivity index (χ4v) is 5.89. The summed E-state index contributed by atoms with van der Waals surface area (Å²) in [6.07, 6.45) is 13.3. The number of fused-ring (bicyclic) bond motifs is 1. The normalized spacial score (nSPS) is 22.6. The monoisotopic (exact) mass is 469 g/mol. The average molecular weight is 470 g/mol. The number of nitrogens with zero attached hydrogens (tertiary/aromatic N) is 3. The van der Waals surface area contributed by atoms with E-state index in [1.165, 1.54) is 28.8 Å². The first-order valence-corrected chi connectivity index (χ1v) is 13.0. The van der Waals surface area contributed by atoms with Crippen molar-refractivity contribution in [2.24, 2.45) is 0 Å². The second kappa shape index (κ2) is 9.23. The van der Waals surface area contributed by atoms with E-state index in [1.807, 2.05) is 12.2 Å². The summed E-state index contributed by atoms with van der Waals surface area (Å²) in [5.41, 5.74) is 6.18. The van der Waals surface area contributed by atoms with Gasteiger partial charge >= 0.3 is 0 Å². The van der Waals surface area contributed by atoms with Gasteiger partial charge in [0, 0.05) is 25.7 Å². The molecular weight excluding hydrogens is 430 g/mol. The number of anilines is 1. The predicted molar refractivity (Wildman–Crippen MR) is 144 cm³/mol. The lowest BCUT2D eigenvalue weighted by molar-refractivity contribution is -0.0285. The van der Waals surface area contributed by atoms with Crippen molar-refractivity contribution in [2.45, 2.75) is 96.0 Å². The minimum absolute atomic E-state index is 0.0234. The molecule has 0 radical (unpaired) electrons. The Morgan fingerprint density at radius 1 is 1.14 bits per heavy atom. The summed E-state index contributed by atoms with van der Waals surface area (Å²) >= 11 is 0. The van der Waals surface area contributed by atoms with E-state index in [1.54, 1.807) is 0 Å². The highest BCUT2D eigenvalue weighted by atomic mass is 16.5. The van der Waals surface area contributed by atoms with Crippen LogP contribution in [-0.2, 0) is 15.6 Å². The Morgan fingerprint density at radius 2 is 1.86 bits per heavy atom. The van der Waals surface area contributed by atoms with Crippen molar-refractivity contribution in [2.75, 3.05) is 18.5 Å². The zero-order valence-electron chi connectivity index (χ0n) is 22.3. The molecule has 4 rings (SSSR count). The van der Waals surface area contributed by atoms with Crippen molar-refractivity contribution < 1.29 is 4.74 Å². The first kappa shape index (κ1) is 25.1. The van der Waals surface area contributed by atoms with E-state index < -0.39 is 0 Å². The third kappa shape index (κ3) is 5.04. The van der Waals surface area contributed by atoms with E-state index in [9.17, 15) is 5.26 Å². The van der Waals surface area contributed by atoms with Gasteiger partial charge in [0.15, 0.2) is 0 Å². The Hall–Kier alpha value is -2.98. The number of allylic oxidation sites excluding steroid dienone is 3. The van der Waals surface area contributed by atoms with Crippen LogP contribution in [0.3, 0.4) is 0 Å². The maximum absolute atomic E-state index is 9.54. The second-order valence-corrected chi connectivity index (χ2v) is 12.3. The molecule has 2 aliphatic heterocycles. The number of hydrogen-bond donors (Lipinski definition) is 0. The second-order valence-electron chi connectivity index (χ2n) is 12.3. The molecule has 0 N–H and O–H groups in total. The van der Waals surface area contributed by atoms with Crippen LogP contribution in [0.2, 0.25) is 0 Å². The van der Waals surface area contributed by atoms with Gasteiger partial charge in [-0.3, -0.25) is 0 Å². The molecule has 1 saturated carbocycles. The Bertz CT molecular complexity index is 1140. The van der Waals surface area contributed by atoms with Crippen LogP contribution in [0.5, 0.6) is 0 Å². The number of nitriles is 1. The molecule has 2 heterocycles. The van der Waals surface area contributed by atoms with Crippen LogP contribution in [0.15, 0.2) is 41.3 Å². The predicted octanol–water partition coefficient (Wildman–Crippen LogP) is 7.82. The van der Waals surface area contributed by atoms with E-state index >= 15 is 0 Å². The van der Waals surface area contributed by atoms with Crippen LogP contribution in [-0.4, -0.2) is 19.2 Å². The molecule has 1 aromatic rings. The van der Waals surface area contributed by atoms with Crippen molar-refractivity contribution in [3.63, 3.8) is 0 Å². The van der Waals surface area contributed by atoms with Gasteiger partial charge in [-0.15, -0.1) is 0 Å². The topological polar surface area (TPSA) is 40.6 Å². The Kier molecular flexibility index (Phi) is 6.63. The molecule has 0 unspecified atom stereocenters. The fourth-order valence-electron chi connectivity index (χ4n) is 5.89. The summed E-state index contributed by atoms with van der Waals surface area (Å²) < 4.78 is 6.59. The summed E-state index contributed by atoms with van der Waals surface area (Å²) in [5.74, 6) is 0.760. The third-order valence-electron chi connectivity index (χ3n) is 8.01. The lowest BCUT2D eigenvalue weighted by atomic mass is 9.73. The van der Waals surface area contributed by atoms with Gasteiger partial charge < -0.3 is 9.64 Å². The van der Waals surface area contributed by atoms with Gasteiger partial charge in [-0.05, 0) is 89.5 Å². The molecule has 0 bridgehead atoms. The van der Waals surface area contributed by atoms with Gasteiger partial charge in [0.2, 0.25) is 0 Å². The zero-order valence-corrected chi connectivity index (χ0v) is 22.3. The van der Waals surface area contributed by atoms with E-state index in [0.717, 1.165) is 50.0 Å². The quantitative estimate of drug-likeness (QED) is 0.327. The smallest absolute Gasteiger partial charge is 0.265 e. The van der Waals surface area contributed by atoms with Gasteiger partial charge in [-0.2, -0.15) is 0 Å². The number of benzene rings is 1. The maximum atomic E-state index is 9.54. The van der Waals surface area contributed by atoms with Crippen molar-refractivity contribution >= 4 is 11.8 Å². The van der Waals surface area contributed by atoms with E-state index in [2.05, 4.69) is 75.7 Å².